The third-order valence-electron chi connectivity index (χ3n) is 2.99. The largest absolute Gasteiger partial charge is 0.391 e. The molecule has 16 heavy (non-hydrogen) atoms. The van der Waals surface area contributed by atoms with Gasteiger partial charge in [0, 0.05) is 32.4 Å². The van der Waals surface area contributed by atoms with Crippen LogP contribution in [-0.2, 0) is 0 Å². The molecule has 0 radical (unpaired) electrons. The van der Waals surface area contributed by atoms with E-state index in [0.717, 1.165) is 31.9 Å². The van der Waals surface area contributed by atoms with Crippen LogP contribution in [0.15, 0.2) is 24.4 Å². The van der Waals surface area contributed by atoms with Crippen molar-refractivity contribution in [1.29, 1.82) is 0 Å². The van der Waals surface area contributed by atoms with Gasteiger partial charge in [0.15, 0.2) is 0 Å². The molecule has 4 nitrogen and oxygen atoms in total. The van der Waals surface area contributed by atoms with Gasteiger partial charge in [0.25, 0.3) is 0 Å². The van der Waals surface area contributed by atoms with Crippen molar-refractivity contribution in [3.8, 4) is 0 Å². The summed E-state index contributed by atoms with van der Waals surface area (Å²) in [5.74, 6) is 0. The third kappa shape index (κ3) is 2.58. The van der Waals surface area contributed by atoms with E-state index in [1.807, 2.05) is 25.1 Å². The summed E-state index contributed by atoms with van der Waals surface area (Å²) >= 11 is 0. The fraction of sp³-hybridized carbons (Fsp3) is 0.583. The zero-order valence-electron chi connectivity index (χ0n) is 9.63. The van der Waals surface area contributed by atoms with E-state index in [1.54, 1.807) is 6.20 Å². The molecule has 1 aromatic heterocycles. The Bertz CT molecular complexity index is 309. The number of rotatable bonds is 3. The fourth-order valence-electron chi connectivity index (χ4n) is 2.25. The zero-order valence-corrected chi connectivity index (χ0v) is 9.63. The third-order valence-corrected chi connectivity index (χ3v) is 2.99. The minimum absolute atomic E-state index is 0.0169. The maximum absolute atomic E-state index is 9.92. The van der Waals surface area contributed by atoms with Crippen molar-refractivity contribution < 1.29 is 5.11 Å². The lowest BCUT2D eigenvalue weighted by molar-refractivity contribution is 0.0502. The quantitative estimate of drug-likeness (QED) is 0.776. The van der Waals surface area contributed by atoms with Gasteiger partial charge in [-0.25, -0.2) is 0 Å². The Labute approximate surface area is 96.3 Å². The van der Waals surface area contributed by atoms with Crippen LogP contribution in [0.5, 0.6) is 0 Å². The highest BCUT2D eigenvalue weighted by molar-refractivity contribution is 5.10. The van der Waals surface area contributed by atoms with Crippen LogP contribution in [0, 0.1) is 0 Å². The molecule has 1 saturated heterocycles. The molecule has 0 amide bonds. The average Bonchev–Trinajstić information content (AvgIpc) is 2.31. The van der Waals surface area contributed by atoms with Crippen molar-refractivity contribution in [3.05, 3.63) is 30.1 Å². The second-order valence-electron chi connectivity index (χ2n) is 4.23. The van der Waals surface area contributed by atoms with Crippen LogP contribution in [0.4, 0.5) is 0 Å². The highest BCUT2D eigenvalue weighted by Crippen LogP contribution is 2.22. The predicted octanol–water partition coefficient (Wildman–Crippen LogP) is 0.409. The van der Waals surface area contributed by atoms with Gasteiger partial charge in [-0.1, -0.05) is 6.07 Å². The maximum atomic E-state index is 9.92. The van der Waals surface area contributed by atoms with Crippen LogP contribution in [0.25, 0.3) is 0 Å². The smallest absolute Gasteiger partial charge is 0.0781 e. The van der Waals surface area contributed by atoms with Gasteiger partial charge in [0.2, 0.25) is 0 Å². The molecule has 2 atom stereocenters. The molecule has 2 N–H and O–H groups in total. The lowest BCUT2D eigenvalue weighted by atomic mass is 10.1. The summed E-state index contributed by atoms with van der Waals surface area (Å²) < 4.78 is 0. The number of aliphatic hydroxyl groups is 1. The van der Waals surface area contributed by atoms with Gasteiger partial charge in [0.05, 0.1) is 17.8 Å². The van der Waals surface area contributed by atoms with Crippen LogP contribution in [-0.4, -0.2) is 47.3 Å². The topological polar surface area (TPSA) is 48.4 Å². The molecule has 0 saturated carbocycles. The molecule has 0 aromatic carbocycles. The highest BCUT2D eigenvalue weighted by Gasteiger charge is 2.26. The minimum atomic E-state index is -0.395. The molecule has 4 heteroatoms. The van der Waals surface area contributed by atoms with Crippen LogP contribution >= 0.6 is 0 Å². The number of nitrogens with one attached hydrogen (secondary N) is 1. The predicted molar refractivity (Wildman–Crippen MR) is 63.1 cm³/mol. The van der Waals surface area contributed by atoms with Crippen molar-refractivity contribution in [2.45, 2.75) is 19.1 Å². The summed E-state index contributed by atoms with van der Waals surface area (Å²) in [5.41, 5.74) is 0.958. The van der Waals surface area contributed by atoms with Gasteiger partial charge >= 0.3 is 0 Å². The number of pyridine rings is 1. The van der Waals surface area contributed by atoms with Crippen LogP contribution in [0.3, 0.4) is 0 Å². The maximum Gasteiger partial charge on any atom is 0.0781 e. The summed E-state index contributed by atoms with van der Waals surface area (Å²) in [6.07, 6.45) is 1.39. The molecule has 2 heterocycles. The Morgan fingerprint density at radius 2 is 2.12 bits per heavy atom. The van der Waals surface area contributed by atoms with E-state index >= 15 is 0 Å². The van der Waals surface area contributed by atoms with Crippen LogP contribution < -0.4 is 5.32 Å². The summed E-state index contributed by atoms with van der Waals surface area (Å²) in [5, 5.41) is 13.2. The van der Waals surface area contributed by atoms with Gasteiger partial charge in [0.1, 0.15) is 0 Å². The summed E-state index contributed by atoms with van der Waals surface area (Å²) in [7, 11) is 0. The number of hydrogen-bond donors (Lipinski definition) is 2. The fourth-order valence-corrected chi connectivity index (χ4v) is 2.25. The molecule has 1 aromatic rings. The molecule has 88 valence electrons. The number of nitrogens with zero attached hydrogens (tertiary/aromatic N) is 2. The first-order valence-electron chi connectivity index (χ1n) is 5.83. The molecular formula is C12H19N3O. The Balaban J connectivity index is 2.16. The number of hydrogen-bond acceptors (Lipinski definition) is 4. The van der Waals surface area contributed by atoms with E-state index in [-0.39, 0.29) is 6.04 Å². The molecule has 0 bridgehead atoms. The Hall–Kier alpha value is -0.970. The lowest BCUT2D eigenvalue weighted by Crippen LogP contribution is -2.47. The minimum Gasteiger partial charge on any atom is -0.391 e. The number of aromatic nitrogens is 1. The zero-order chi connectivity index (χ0) is 11.4. The van der Waals surface area contributed by atoms with E-state index in [0.29, 0.717) is 0 Å². The Morgan fingerprint density at radius 3 is 2.69 bits per heavy atom. The summed E-state index contributed by atoms with van der Waals surface area (Å²) in [6.45, 7) is 5.73. The normalized spacial score (nSPS) is 21.6. The van der Waals surface area contributed by atoms with E-state index in [1.165, 1.54) is 0 Å². The van der Waals surface area contributed by atoms with Crippen molar-refractivity contribution in [1.82, 2.24) is 15.2 Å². The van der Waals surface area contributed by atoms with E-state index in [9.17, 15) is 5.11 Å². The van der Waals surface area contributed by atoms with E-state index in [4.69, 9.17) is 0 Å². The van der Waals surface area contributed by atoms with Crippen molar-refractivity contribution in [3.63, 3.8) is 0 Å². The molecule has 2 unspecified atom stereocenters. The summed E-state index contributed by atoms with van der Waals surface area (Å²) in [6, 6.07) is 5.88. The molecule has 1 fully saturated rings. The molecule has 1 aliphatic rings. The van der Waals surface area contributed by atoms with Crippen molar-refractivity contribution in [2.24, 2.45) is 0 Å². The summed E-state index contributed by atoms with van der Waals surface area (Å²) in [4.78, 5) is 6.65. The standard InChI is InChI=1S/C12H19N3O/c1-10(16)12(11-4-2-3-5-14-11)15-8-6-13-7-9-15/h2-5,10,12-13,16H,6-9H2,1H3. The average molecular weight is 221 g/mol. The molecule has 0 aliphatic carbocycles. The van der Waals surface area contributed by atoms with Gasteiger partial charge in [-0.2, -0.15) is 0 Å². The molecule has 2 rings (SSSR count). The monoisotopic (exact) mass is 221 g/mol. The SMILES string of the molecule is CC(O)C(c1ccccn1)N1CCNCC1. The molecule has 0 spiro atoms. The second-order valence-corrected chi connectivity index (χ2v) is 4.23. The Morgan fingerprint density at radius 1 is 1.38 bits per heavy atom. The van der Waals surface area contributed by atoms with Gasteiger partial charge in [-0.05, 0) is 19.1 Å². The van der Waals surface area contributed by atoms with Crippen LogP contribution in [0.2, 0.25) is 0 Å². The number of piperazine rings is 1. The van der Waals surface area contributed by atoms with E-state index < -0.39 is 6.10 Å². The first kappa shape index (κ1) is 11.5. The molecular weight excluding hydrogens is 202 g/mol. The molecule has 1 aliphatic heterocycles. The van der Waals surface area contributed by atoms with Gasteiger partial charge in [-0.3, -0.25) is 9.88 Å². The van der Waals surface area contributed by atoms with Gasteiger partial charge < -0.3 is 10.4 Å². The number of aliphatic hydroxyl groups excluding tert-OH is 1. The second kappa shape index (κ2) is 5.39. The van der Waals surface area contributed by atoms with Gasteiger partial charge in [-0.15, -0.1) is 0 Å². The highest BCUT2D eigenvalue weighted by atomic mass is 16.3. The van der Waals surface area contributed by atoms with E-state index in [2.05, 4.69) is 15.2 Å². The Kier molecular flexibility index (Phi) is 3.88. The first-order valence-corrected chi connectivity index (χ1v) is 5.83. The van der Waals surface area contributed by atoms with Crippen molar-refractivity contribution in [2.75, 3.05) is 26.2 Å². The van der Waals surface area contributed by atoms with Crippen LogP contribution in [0.1, 0.15) is 18.7 Å². The van der Waals surface area contributed by atoms with Crippen molar-refractivity contribution >= 4 is 0 Å². The lowest BCUT2D eigenvalue weighted by Gasteiger charge is -2.36. The first-order chi connectivity index (χ1) is 7.79.